The number of hydrogen-bond donors (Lipinski definition) is 0. The Balaban J connectivity index is 1.29. The first-order chi connectivity index (χ1) is 14.5. The Kier molecular flexibility index (Phi) is 5.93. The standard InChI is InChI=1S/C24H29N3O3/c1-25(2)20-10-8-18(9-11-20)16-23(28)26-14-12-21(13-15-26)27-17-22(30-24(27)29)19-6-4-3-5-7-19/h3-11,21-22H,12-17H2,1-2H3. The van der Waals surface area contributed by atoms with Crippen LogP contribution in [0, 0.1) is 0 Å². The number of carbonyl (C=O) groups excluding carboxylic acids is 2. The predicted octanol–water partition coefficient (Wildman–Crippen LogP) is 3.48. The number of ether oxygens (including phenoxy) is 1. The number of nitrogens with zero attached hydrogens (tertiary/aromatic N) is 3. The third-order valence-corrected chi connectivity index (χ3v) is 6.08. The summed E-state index contributed by atoms with van der Waals surface area (Å²) >= 11 is 0. The summed E-state index contributed by atoms with van der Waals surface area (Å²) in [7, 11) is 4.01. The minimum atomic E-state index is -0.241. The van der Waals surface area contributed by atoms with Gasteiger partial charge in [0.1, 0.15) is 6.10 Å². The number of benzene rings is 2. The van der Waals surface area contributed by atoms with E-state index in [1.54, 1.807) is 0 Å². The van der Waals surface area contributed by atoms with E-state index >= 15 is 0 Å². The highest BCUT2D eigenvalue weighted by molar-refractivity contribution is 5.79. The monoisotopic (exact) mass is 407 g/mol. The van der Waals surface area contributed by atoms with Gasteiger partial charge in [-0.2, -0.15) is 0 Å². The number of amides is 2. The summed E-state index contributed by atoms with van der Waals surface area (Å²) in [6, 6.07) is 18.1. The van der Waals surface area contributed by atoms with E-state index in [4.69, 9.17) is 4.74 Å². The molecule has 6 nitrogen and oxygen atoms in total. The number of rotatable bonds is 5. The Morgan fingerprint density at radius 3 is 2.33 bits per heavy atom. The number of hydrogen-bond acceptors (Lipinski definition) is 4. The number of likely N-dealkylation sites (tertiary alicyclic amines) is 1. The van der Waals surface area contributed by atoms with Gasteiger partial charge in [-0.25, -0.2) is 4.79 Å². The molecule has 2 aromatic carbocycles. The third-order valence-electron chi connectivity index (χ3n) is 6.08. The van der Waals surface area contributed by atoms with Crippen LogP contribution in [0.25, 0.3) is 0 Å². The van der Waals surface area contributed by atoms with Gasteiger partial charge in [-0.05, 0) is 36.1 Å². The van der Waals surface area contributed by atoms with Crippen LogP contribution in [-0.4, -0.2) is 61.6 Å². The lowest BCUT2D eigenvalue weighted by Gasteiger charge is -2.35. The van der Waals surface area contributed by atoms with Crippen molar-refractivity contribution in [2.75, 3.05) is 38.6 Å². The molecule has 0 bridgehead atoms. The normalized spacial score (nSPS) is 19.7. The molecule has 4 rings (SSSR count). The van der Waals surface area contributed by atoms with Gasteiger partial charge in [0, 0.05) is 38.9 Å². The van der Waals surface area contributed by atoms with Crippen LogP contribution in [0.3, 0.4) is 0 Å². The van der Waals surface area contributed by atoms with Crippen LogP contribution in [0.4, 0.5) is 10.5 Å². The minimum absolute atomic E-state index is 0.134. The highest BCUT2D eigenvalue weighted by Crippen LogP contribution is 2.30. The first-order valence-electron chi connectivity index (χ1n) is 10.6. The van der Waals surface area contributed by atoms with Crippen molar-refractivity contribution >= 4 is 17.7 Å². The fourth-order valence-electron chi connectivity index (χ4n) is 4.24. The second-order valence-corrected chi connectivity index (χ2v) is 8.29. The van der Waals surface area contributed by atoms with Crippen molar-refractivity contribution in [1.82, 2.24) is 9.80 Å². The van der Waals surface area contributed by atoms with Crippen LogP contribution in [0.15, 0.2) is 54.6 Å². The van der Waals surface area contributed by atoms with E-state index in [0.29, 0.717) is 26.1 Å². The van der Waals surface area contributed by atoms with Crippen LogP contribution in [0.2, 0.25) is 0 Å². The van der Waals surface area contributed by atoms with Crippen molar-refractivity contribution in [3.05, 3.63) is 65.7 Å². The van der Waals surface area contributed by atoms with Crippen LogP contribution in [-0.2, 0) is 16.0 Å². The molecule has 0 spiro atoms. The molecule has 2 aliphatic heterocycles. The van der Waals surface area contributed by atoms with Crippen molar-refractivity contribution in [3.8, 4) is 0 Å². The van der Waals surface area contributed by atoms with Gasteiger partial charge in [-0.3, -0.25) is 4.79 Å². The molecule has 0 aliphatic carbocycles. The van der Waals surface area contributed by atoms with E-state index in [9.17, 15) is 9.59 Å². The topological polar surface area (TPSA) is 53.1 Å². The molecule has 0 aromatic heterocycles. The second-order valence-electron chi connectivity index (χ2n) is 8.29. The quantitative estimate of drug-likeness (QED) is 0.762. The largest absolute Gasteiger partial charge is 0.439 e. The van der Waals surface area contributed by atoms with Gasteiger partial charge in [0.25, 0.3) is 0 Å². The van der Waals surface area contributed by atoms with Gasteiger partial charge in [0.05, 0.1) is 13.0 Å². The van der Waals surface area contributed by atoms with Crippen LogP contribution in [0.1, 0.15) is 30.1 Å². The number of cyclic esters (lactones) is 1. The van der Waals surface area contributed by atoms with Crippen molar-refractivity contribution in [3.63, 3.8) is 0 Å². The fraction of sp³-hybridized carbons (Fsp3) is 0.417. The van der Waals surface area contributed by atoms with Crippen molar-refractivity contribution < 1.29 is 14.3 Å². The van der Waals surface area contributed by atoms with Crippen molar-refractivity contribution in [1.29, 1.82) is 0 Å². The lowest BCUT2D eigenvalue weighted by molar-refractivity contribution is -0.131. The molecule has 2 saturated heterocycles. The zero-order chi connectivity index (χ0) is 21.1. The summed E-state index contributed by atoms with van der Waals surface area (Å²) < 4.78 is 5.60. The van der Waals surface area contributed by atoms with Crippen LogP contribution in [0.5, 0.6) is 0 Å². The Hall–Kier alpha value is -3.02. The third kappa shape index (κ3) is 4.42. The number of carbonyl (C=O) groups is 2. The average Bonchev–Trinajstić information content (AvgIpc) is 3.16. The maximum atomic E-state index is 12.7. The van der Waals surface area contributed by atoms with Gasteiger partial charge in [-0.15, -0.1) is 0 Å². The van der Waals surface area contributed by atoms with Crippen molar-refractivity contribution in [2.24, 2.45) is 0 Å². The first kappa shape index (κ1) is 20.3. The average molecular weight is 408 g/mol. The smallest absolute Gasteiger partial charge is 0.410 e. The Morgan fingerprint density at radius 1 is 1.03 bits per heavy atom. The Bertz CT molecular complexity index is 874. The van der Waals surface area contributed by atoms with Gasteiger partial charge < -0.3 is 19.4 Å². The predicted molar refractivity (Wildman–Crippen MR) is 116 cm³/mol. The highest BCUT2D eigenvalue weighted by Gasteiger charge is 2.38. The maximum Gasteiger partial charge on any atom is 0.410 e. The van der Waals surface area contributed by atoms with Gasteiger partial charge >= 0.3 is 6.09 Å². The highest BCUT2D eigenvalue weighted by atomic mass is 16.6. The van der Waals surface area contributed by atoms with E-state index in [2.05, 4.69) is 0 Å². The zero-order valence-electron chi connectivity index (χ0n) is 17.7. The van der Waals surface area contributed by atoms with Crippen molar-refractivity contribution in [2.45, 2.75) is 31.4 Å². The van der Waals surface area contributed by atoms with E-state index in [0.717, 1.165) is 29.7 Å². The van der Waals surface area contributed by atoms with E-state index < -0.39 is 0 Å². The van der Waals surface area contributed by atoms with Gasteiger partial charge in [0.15, 0.2) is 0 Å². The number of piperidine rings is 1. The molecule has 158 valence electrons. The molecule has 2 fully saturated rings. The maximum absolute atomic E-state index is 12.7. The molecule has 0 radical (unpaired) electrons. The number of anilines is 1. The molecule has 1 unspecified atom stereocenters. The van der Waals surface area contributed by atoms with E-state index in [1.807, 2.05) is 83.4 Å². The molecule has 2 amide bonds. The fourth-order valence-corrected chi connectivity index (χ4v) is 4.24. The molecule has 6 heteroatoms. The summed E-state index contributed by atoms with van der Waals surface area (Å²) in [4.78, 5) is 30.9. The molecule has 0 N–H and O–H groups in total. The summed E-state index contributed by atoms with van der Waals surface area (Å²) in [6.45, 7) is 1.94. The zero-order valence-corrected chi connectivity index (χ0v) is 17.7. The summed E-state index contributed by atoms with van der Waals surface area (Å²) in [5, 5.41) is 0. The molecule has 30 heavy (non-hydrogen) atoms. The second kappa shape index (κ2) is 8.78. The lowest BCUT2D eigenvalue weighted by atomic mass is 10.0. The van der Waals surface area contributed by atoms with Crippen LogP contribution < -0.4 is 4.90 Å². The molecule has 2 aliphatic rings. The van der Waals surface area contributed by atoms with E-state index in [1.165, 1.54) is 0 Å². The molecule has 2 heterocycles. The lowest BCUT2D eigenvalue weighted by Crippen LogP contribution is -2.47. The molecular weight excluding hydrogens is 378 g/mol. The Labute approximate surface area is 178 Å². The van der Waals surface area contributed by atoms with E-state index in [-0.39, 0.29) is 24.1 Å². The summed E-state index contributed by atoms with van der Waals surface area (Å²) in [5.41, 5.74) is 3.18. The van der Waals surface area contributed by atoms with Gasteiger partial charge in [0.2, 0.25) is 5.91 Å². The molecule has 2 aromatic rings. The Morgan fingerprint density at radius 2 is 1.70 bits per heavy atom. The first-order valence-corrected chi connectivity index (χ1v) is 10.6. The minimum Gasteiger partial charge on any atom is -0.439 e. The summed E-state index contributed by atoms with van der Waals surface area (Å²) in [5.74, 6) is 0.150. The molecule has 0 saturated carbocycles. The summed E-state index contributed by atoms with van der Waals surface area (Å²) in [6.07, 6.45) is 1.56. The van der Waals surface area contributed by atoms with Crippen LogP contribution >= 0.6 is 0 Å². The molecular formula is C24H29N3O3. The van der Waals surface area contributed by atoms with Gasteiger partial charge in [-0.1, -0.05) is 42.5 Å². The SMILES string of the molecule is CN(C)c1ccc(CC(=O)N2CCC(N3CC(c4ccccc4)OC3=O)CC2)cc1. The molecule has 1 atom stereocenters.